The van der Waals surface area contributed by atoms with E-state index in [-0.39, 0.29) is 5.56 Å². The van der Waals surface area contributed by atoms with Crippen molar-refractivity contribution < 1.29 is 8.78 Å². The molecule has 68 valence electrons. The highest BCUT2D eigenvalue weighted by Gasteiger charge is 2.14. The summed E-state index contributed by atoms with van der Waals surface area (Å²) in [7, 11) is 0. The number of nitriles is 1. The molecule has 0 aliphatic heterocycles. The number of hydrogen-bond donors (Lipinski definition) is 0. The first kappa shape index (κ1) is 10.1. The summed E-state index contributed by atoms with van der Waals surface area (Å²) in [4.78, 5) is 0. The molecule has 0 saturated carbocycles. The van der Waals surface area contributed by atoms with Crippen molar-refractivity contribution in [2.75, 3.05) is 0 Å². The SMILES string of the molecule is CC(C#N)c1cc(Br)cc(F)c1F. The van der Waals surface area contributed by atoms with Crippen LogP contribution in [0.5, 0.6) is 0 Å². The molecule has 0 heterocycles. The van der Waals surface area contributed by atoms with Crippen molar-refractivity contribution in [3.8, 4) is 6.07 Å². The minimum Gasteiger partial charge on any atom is -0.204 e. The molecule has 0 bridgehead atoms. The smallest absolute Gasteiger partial charge is 0.163 e. The molecule has 1 nitrogen and oxygen atoms in total. The first-order valence-electron chi connectivity index (χ1n) is 3.60. The maximum atomic E-state index is 13.1. The van der Waals surface area contributed by atoms with Crippen LogP contribution in [0.3, 0.4) is 0 Å². The van der Waals surface area contributed by atoms with Crippen molar-refractivity contribution in [1.29, 1.82) is 5.26 Å². The van der Waals surface area contributed by atoms with Crippen LogP contribution in [-0.2, 0) is 0 Å². The summed E-state index contributed by atoms with van der Waals surface area (Å²) in [6.07, 6.45) is 0. The van der Waals surface area contributed by atoms with Gasteiger partial charge in [-0.15, -0.1) is 0 Å². The largest absolute Gasteiger partial charge is 0.204 e. The van der Waals surface area contributed by atoms with Gasteiger partial charge >= 0.3 is 0 Å². The highest BCUT2D eigenvalue weighted by Crippen LogP contribution is 2.24. The van der Waals surface area contributed by atoms with Gasteiger partial charge in [0.05, 0.1) is 12.0 Å². The molecule has 0 aromatic heterocycles. The van der Waals surface area contributed by atoms with Crippen molar-refractivity contribution in [3.63, 3.8) is 0 Å². The van der Waals surface area contributed by atoms with Crippen LogP contribution in [0.2, 0.25) is 0 Å². The Labute approximate surface area is 83.1 Å². The summed E-state index contributed by atoms with van der Waals surface area (Å²) in [6.45, 7) is 1.52. The first-order valence-corrected chi connectivity index (χ1v) is 4.39. The first-order chi connectivity index (χ1) is 6.06. The normalized spacial score (nSPS) is 12.2. The Morgan fingerprint density at radius 3 is 2.62 bits per heavy atom. The Bertz CT molecular complexity index is 371. The van der Waals surface area contributed by atoms with E-state index in [2.05, 4.69) is 15.9 Å². The van der Waals surface area contributed by atoms with Crippen LogP contribution < -0.4 is 0 Å². The lowest BCUT2D eigenvalue weighted by atomic mass is 10.0. The maximum absolute atomic E-state index is 13.1. The van der Waals surface area contributed by atoms with E-state index in [1.54, 1.807) is 0 Å². The molecule has 1 atom stereocenters. The van der Waals surface area contributed by atoms with E-state index in [4.69, 9.17) is 5.26 Å². The summed E-state index contributed by atoms with van der Waals surface area (Å²) in [5.74, 6) is -2.53. The third kappa shape index (κ3) is 2.04. The Hall–Kier alpha value is -0.950. The lowest BCUT2D eigenvalue weighted by Gasteiger charge is -2.05. The Kier molecular flexibility index (Phi) is 2.99. The van der Waals surface area contributed by atoms with Gasteiger partial charge in [-0.05, 0) is 19.1 Å². The van der Waals surface area contributed by atoms with Gasteiger partial charge in [-0.1, -0.05) is 15.9 Å². The van der Waals surface area contributed by atoms with Gasteiger partial charge in [0.15, 0.2) is 11.6 Å². The van der Waals surface area contributed by atoms with Crippen LogP contribution >= 0.6 is 15.9 Å². The second-order valence-electron chi connectivity index (χ2n) is 2.64. The maximum Gasteiger partial charge on any atom is 0.163 e. The molecule has 1 rings (SSSR count). The summed E-state index contributed by atoms with van der Waals surface area (Å²) in [6, 6.07) is 4.29. The van der Waals surface area contributed by atoms with Crippen LogP contribution in [0.1, 0.15) is 18.4 Å². The average Bonchev–Trinajstić information content (AvgIpc) is 2.10. The molecule has 0 amide bonds. The van der Waals surface area contributed by atoms with Crippen molar-refractivity contribution in [2.45, 2.75) is 12.8 Å². The number of benzene rings is 1. The van der Waals surface area contributed by atoms with Crippen molar-refractivity contribution >= 4 is 15.9 Å². The van der Waals surface area contributed by atoms with E-state index in [0.29, 0.717) is 4.47 Å². The Balaban J connectivity index is 3.30. The molecule has 0 N–H and O–H groups in total. The van der Waals surface area contributed by atoms with E-state index in [1.165, 1.54) is 13.0 Å². The van der Waals surface area contributed by atoms with Gasteiger partial charge in [0.2, 0.25) is 0 Å². The van der Waals surface area contributed by atoms with E-state index in [0.717, 1.165) is 6.07 Å². The van der Waals surface area contributed by atoms with Gasteiger partial charge in [-0.25, -0.2) is 8.78 Å². The molecule has 1 aromatic rings. The van der Waals surface area contributed by atoms with Crippen LogP contribution in [0.4, 0.5) is 8.78 Å². The molecule has 1 aromatic carbocycles. The van der Waals surface area contributed by atoms with Crippen LogP contribution in [-0.4, -0.2) is 0 Å². The van der Waals surface area contributed by atoms with Crippen LogP contribution in [0.15, 0.2) is 16.6 Å². The molecular formula is C9H6BrF2N. The fourth-order valence-corrected chi connectivity index (χ4v) is 1.41. The molecule has 13 heavy (non-hydrogen) atoms. The topological polar surface area (TPSA) is 23.8 Å². The van der Waals surface area contributed by atoms with Gasteiger partial charge in [0.25, 0.3) is 0 Å². The molecular weight excluding hydrogens is 240 g/mol. The van der Waals surface area contributed by atoms with Gasteiger partial charge in [-0.3, -0.25) is 0 Å². The standard InChI is InChI=1S/C9H6BrF2N/c1-5(4-13)7-2-6(10)3-8(11)9(7)12/h2-3,5H,1H3. The highest BCUT2D eigenvalue weighted by molar-refractivity contribution is 9.10. The fraction of sp³-hybridized carbons (Fsp3) is 0.222. The summed E-state index contributed by atoms with van der Waals surface area (Å²) >= 11 is 3.03. The van der Waals surface area contributed by atoms with Crippen LogP contribution in [0, 0.1) is 23.0 Å². The van der Waals surface area contributed by atoms with Gasteiger partial charge in [0, 0.05) is 10.0 Å². The van der Waals surface area contributed by atoms with E-state index in [9.17, 15) is 8.78 Å². The number of nitrogens with zero attached hydrogens (tertiary/aromatic N) is 1. The zero-order valence-electron chi connectivity index (χ0n) is 6.81. The lowest BCUT2D eigenvalue weighted by molar-refractivity contribution is 0.496. The molecule has 0 saturated heterocycles. The van der Waals surface area contributed by atoms with Crippen molar-refractivity contribution in [3.05, 3.63) is 33.8 Å². The molecule has 0 fully saturated rings. The second-order valence-corrected chi connectivity index (χ2v) is 3.56. The van der Waals surface area contributed by atoms with Crippen LogP contribution in [0.25, 0.3) is 0 Å². The van der Waals surface area contributed by atoms with E-state index in [1.807, 2.05) is 6.07 Å². The summed E-state index contributed by atoms with van der Waals surface area (Å²) < 4.78 is 26.3. The molecule has 1 unspecified atom stereocenters. The van der Waals surface area contributed by atoms with E-state index >= 15 is 0 Å². The van der Waals surface area contributed by atoms with Gasteiger partial charge in [-0.2, -0.15) is 5.26 Å². The third-order valence-corrected chi connectivity index (χ3v) is 2.14. The molecule has 4 heteroatoms. The summed E-state index contributed by atoms with van der Waals surface area (Å²) in [5, 5.41) is 8.54. The Morgan fingerprint density at radius 1 is 1.46 bits per heavy atom. The zero-order chi connectivity index (χ0) is 10.0. The molecule has 0 aliphatic carbocycles. The minimum absolute atomic E-state index is 0.0781. The number of rotatable bonds is 1. The molecule has 0 spiro atoms. The minimum atomic E-state index is -0.947. The van der Waals surface area contributed by atoms with Gasteiger partial charge in [0.1, 0.15) is 0 Å². The number of hydrogen-bond acceptors (Lipinski definition) is 1. The fourth-order valence-electron chi connectivity index (χ4n) is 0.961. The average molecular weight is 246 g/mol. The predicted octanol–water partition coefficient (Wildman–Crippen LogP) is 3.35. The van der Waals surface area contributed by atoms with E-state index < -0.39 is 17.6 Å². The lowest BCUT2D eigenvalue weighted by Crippen LogP contribution is -1.97. The monoisotopic (exact) mass is 245 g/mol. The third-order valence-electron chi connectivity index (χ3n) is 1.68. The zero-order valence-corrected chi connectivity index (χ0v) is 8.40. The van der Waals surface area contributed by atoms with Gasteiger partial charge < -0.3 is 0 Å². The highest BCUT2D eigenvalue weighted by atomic mass is 79.9. The van der Waals surface area contributed by atoms with Crippen molar-refractivity contribution in [2.24, 2.45) is 0 Å². The quantitative estimate of drug-likeness (QED) is 0.697. The molecule has 0 radical (unpaired) electrons. The number of halogens is 3. The predicted molar refractivity (Wildman–Crippen MR) is 48.1 cm³/mol. The molecule has 0 aliphatic rings. The van der Waals surface area contributed by atoms with Crippen molar-refractivity contribution in [1.82, 2.24) is 0 Å². The summed E-state index contributed by atoms with van der Waals surface area (Å²) in [5.41, 5.74) is 0.0781. The Morgan fingerprint density at radius 2 is 2.08 bits per heavy atom. The second kappa shape index (κ2) is 3.84.